The lowest BCUT2D eigenvalue weighted by Gasteiger charge is -2.34. The van der Waals surface area contributed by atoms with Crippen LogP contribution in [0.25, 0.3) is 11.5 Å². The van der Waals surface area contributed by atoms with E-state index in [0.29, 0.717) is 23.6 Å². The number of piperidine rings is 1. The van der Waals surface area contributed by atoms with E-state index < -0.39 is 12.3 Å². The van der Waals surface area contributed by atoms with Crippen LogP contribution < -0.4 is 0 Å². The van der Waals surface area contributed by atoms with Crippen LogP contribution in [0.15, 0.2) is 12.3 Å². The summed E-state index contributed by atoms with van der Waals surface area (Å²) < 4.78 is 18.7. The molecule has 112 valence electrons. The van der Waals surface area contributed by atoms with E-state index in [1.165, 1.54) is 7.11 Å². The number of likely N-dealkylation sites (tertiary alicyclic amines) is 1. The summed E-state index contributed by atoms with van der Waals surface area (Å²) in [4.78, 5) is 16.9. The van der Waals surface area contributed by atoms with E-state index in [1.807, 2.05) is 0 Å². The lowest BCUT2D eigenvalue weighted by Crippen LogP contribution is -2.48. The van der Waals surface area contributed by atoms with Gasteiger partial charge in [-0.25, -0.2) is 4.39 Å². The van der Waals surface area contributed by atoms with Crippen molar-refractivity contribution < 1.29 is 13.9 Å². The van der Waals surface area contributed by atoms with E-state index in [4.69, 9.17) is 4.74 Å². The molecule has 0 aromatic carbocycles. The molecular weight excluding hydrogens is 279 g/mol. The molecule has 0 saturated carbocycles. The summed E-state index contributed by atoms with van der Waals surface area (Å²) in [6.45, 7) is 0.627. The van der Waals surface area contributed by atoms with Crippen molar-refractivity contribution in [3.8, 4) is 11.5 Å². The topological polar surface area (TPSA) is 99.8 Å². The van der Waals surface area contributed by atoms with Gasteiger partial charge in [-0.2, -0.15) is 5.21 Å². The summed E-state index contributed by atoms with van der Waals surface area (Å²) in [5, 5.41) is 13.5. The zero-order valence-electron chi connectivity index (χ0n) is 11.4. The molecule has 3 heterocycles. The van der Waals surface area contributed by atoms with Crippen molar-refractivity contribution in [2.24, 2.45) is 0 Å². The Hall–Kier alpha value is -2.29. The maximum Gasteiger partial charge on any atom is 0.255 e. The Morgan fingerprint density at radius 3 is 3.14 bits per heavy atom. The third-order valence-electron chi connectivity index (χ3n) is 3.58. The molecule has 1 saturated heterocycles. The number of aromatic amines is 2. The molecule has 0 bridgehead atoms. The van der Waals surface area contributed by atoms with Gasteiger partial charge in [-0.05, 0) is 17.7 Å². The van der Waals surface area contributed by atoms with Gasteiger partial charge >= 0.3 is 0 Å². The van der Waals surface area contributed by atoms with Crippen LogP contribution in [0.2, 0.25) is 0 Å². The number of hydrogen-bond donors (Lipinski definition) is 2. The first kappa shape index (κ1) is 13.7. The first-order valence-corrected chi connectivity index (χ1v) is 6.57. The maximum absolute atomic E-state index is 13.6. The van der Waals surface area contributed by atoms with Crippen molar-refractivity contribution in [1.82, 2.24) is 30.5 Å². The number of H-pyrrole nitrogens is 2. The Balaban J connectivity index is 1.74. The molecule has 9 heteroatoms. The molecule has 2 aromatic heterocycles. The highest BCUT2D eigenvalue weighted by molar-refractivity contribution is 5.95. The van der Waals surface area contributed by atoms with Crippen LogP contribution in [0.4, 0.5) is 4.39 Å². The van der Waals surface area contributed by atoms with Crippen LogP contribution in [0.5, 0.6) is 0 Å². The molecule has 3 rings (SSSR count). The van der Waals surface area contributed by atoms with Crippen molar-refractivity contribution in [3.05, 3.63) is 17.8 Å². The molecule has 2 atom stereocenters. The third kappa shape index (κ3) is 2.64. The molecule has 1 fully saturated rings. The average Bonchev–Trinajstić information content (AvgIpc) is 3.18. The fourth-order valence-electron chi connectivity index (χ4n) is 2.40. The fraction of sp³-hybridized carbons (Fsp3) is 0.500. The van der Waals surface area contributed by atoms with E-state index >= 15 is 0 Å². The summed E-state index contributed by atoms with van der Waals surface area (Å²) in [5.41, 5.74) is 1.07. The molecule has 8 nitrogen and oxygen atoms in total. The quantitative estimate of drug-likeness (QED) is 0.853. The Kier molecular flexibility index (Phi) is 3.65. The standard InChI is InChI=1S/C12H15FN6O2/c1-21-10-6-19(3-2-8(10)13)12(20)7-4-9(14-5-7)11-15-17-18-16-11/h4-5,8,10,14H,2-3,6H2,1H3,(H,15,16,17,18)/t8-,10-/m1/s1. The Labute approximate surface area is 119 Å². The zero-order chi connectivity index (χ0) is 14.8. The van der Waals surface area contributed by atoms with Crippen molar-refractivity contribution >= 4 is 5.91 Å². The summed E-state index contributed by atoms with van der Waals surface area (Å²) in [6.07, 6.45) is 0.266. The highest BCUT2D eigenvalue weighted by atomic mass is 19.1. The number of nitrogens with zero attached hydrogens (tertiary/aromatic N) is 4. The number of nitrogens with one attached hydrogen (secondary N) is 2. The van der Waals surface area contributed by atoms with Crippen molar-refractivity contribution in [3.63, 3.8) is 0 Å². The molecule has 1 aliphatic heterocycles. The first-order chi connectivity index (χ1) is 10.2. The number of hydrogen-bond acceptors (Lipinski definition) is 5. The van der Waals surface area contributed by atoms with Gasteiger partial charge in [0, 0.05) is 19.9 Å². The molecule has 0 spiro atoms. The predicted octanol–water partition coefficient (Wildman–Crippen LogP) is 0.394. The van der Waals surface area contributed by atoms with Crippen molar-refractivity contribution in [2.75, 3.05) is 20.2 Å². The maximum atomic E-state index is 13.6. The number of tetrazole rings is 1. The van der Waals surface area contributed by atoms with Gasteiger partial charge in [0.25, 0.3) is 5.91 Å². The Morgan fingerprint density at radius 1 is 1.57 bits per heavy atom. The molecule has 2 N–H and O–H groups in total. The molecule has 21 heavy (non-hydrogen) atoms. The molecule has 0 radical (unpaired) electrons. The molecule has 1 aliphatic rings. The van der Waals surface area contributed by atoms with Crippen LogP contribution in [-0.4, -0.2) is 68.9 Å². The number of rotatable bonds is 3. The molecule has 0 unspecified atom stereocenters. The number of amides is 1. The normalized spacial score (nSPS) is 22.5. The molecule has 0 aliphatic carbocycles. The highest BCUT2D eigenvalue weighted by Crippen LogP contribution is 2.20. The first-order valence-electron chi connectivity index (χ1n) is 6.57. The number of alkyl halides is 1. The smallest absolute Gasteiger partial charge is 0.255 e. The van der Waals surface area contributed by atoms with E-state index in [2.05, 4.69) is 25.6 Å². The van der Waals surface area contributed by atoms with Crippen molar-refractivity contribution in [1.29, 1.82) is 0 Å². The lowest BCUT2D eigenvalue weighted by atomic mass is 10.1. The number of halogens is 1. The average molecular weight is 294 g/mol. The largest absolute Gasteiger partial charge is 0.377 e. The molecule has 1 amide bonds. The Bertz CT molecular complexity index is 613. The minimum absolute atomic E-state index is 0.171. The van der Waals surface area contributed by atoms with Crippen LogP contribution in [-0.2, 0) is 4.74 Å². The van der Waals surface area contributed by atoms with Crippen molar-refractivity contribution in [2.45, 2.75) is 18.7 Å². The minimum Gasteiger partial charge on any atom is -0.377 e. The van der Waals surface area contributed by atoms with E-state index in [0.717, 1.165) is 0 Å². The molecule has 2 aromatic rings. The van der Waals surface area contributed by atoms with Gasteiger partial charge in [0.1, 0.15) is 12.3 Å². The second kappa shape index (κ2) is 5.60. The van der Waals surface area contributed by atoms with Gasteiger partial charge < -0.3 is 14.6 Å². The van der Waals surface area contributed by atoms with E-state index in [9.17, 15) is 9.18 Å². The fourth-order valence-corrected chi connectivity index (χ4v) is 2.40. The highest BCUT2D eigenvalue weighted by Gasteiger charge is 2.32. The summed E-state index contributed by atoms with van der Waals surface area (Å²) in [6, 6.07) is 1.65. The van der Waals surface area contributed by atoms with Crippen LogP contribution in [0, 0.1) is 0 Å². The van der Waals surface area contributed by atoms with Crippen LogP contribution in [0.1, 0.15) is 16.8 Å². The second-order valence-corrected chi connectivity index (χ2v) is 4.87. The van der Waals surface area contributed by atoms with Gasteiger partial charge in [0.05, 0.1) is 17.8 Å². The van der Waals surface area contributed by atoms with Gasteiger partial charge in [-0.1, -0.05) is 0 Å². The number of carbonyl (C=O) groups is 1. The zero-order valence-corrected chi connectivity index (χ0v) is 11.4. The number of methoxy groups -OCH3 is 1. The predicted molar refractivity (Wildman–Crippen MR) is 70.2 cm³/mol. The van der Waals surface area contributed by atoms with Gasteiger partial charge in [-0.3, -0.25) is 4.79 Å². The second-order valence-electron chi connectivity index (χ2n) is 4.87. The number of ether oxygens (including phenoxy) is 1. The Morgan fingerprint density at radius 2 is 2.43 bits per heavy atom. The monoisotopic (exact) mass is 294 g/mol. The van der Waals surface area contributed by atoms with Gasteiger partial charge in [0.15, 0.2) is 0 Å². The summed E-state index contributed by atoms with van der Waals surface area (Å²) in [7, 11) is 1.45. The third-order valence-corrected chi connectivity index (χ3v) is 3.58. The minimum atomic E-state index is -1.03. The van der Waals surface area contributed by atoms with E-state index in [-0.39, 0.29) is 18.9 Å². The van der Waals surface area contributed by atoms with Gasteiger partial charge in [-0.15, -0.1) is 10.2 Å². The number of aromatic nitrogens is 5. The lowest BCUT2D eigenvalue weighted by molar-refractivity contribution is -0.0199. The summed E-state index contributed by atoms with van der Waals surface area (Å²) in [5.74, 6) is 0.209. The van der Waals surface area contributed by atoms with Crippen LogP contribution >= 0.6 is 0 Å². The SMILES string of the molecule is CO[C@@H]1CN(C(=O)c2c[nH]c(-c3nn[nH]n3)c2)CC[C@H]1F. The van der Waals surface area contributed by atoms with Crippen LogP contribution in [0.3, 0.4) is 0 Å². The number of carbonyl (C=O) groups excluding carboxylic acids is 1. The van der Waals surface area contributed by atoms with E-state index in [1.54, 1.807) is 17.2 Å². The van der Waals surface area contributed by atoms with Gasteiger partial charge in [0.2, 0.25) is 5.82 Å². The molecular formula is C12H15FN6O2. The summed E-state index contributed by atoms with van der Waals surface area (Å²) >= 11 is 0.